The van der Waals surface area contributed by atoms with E-state index in [0.29, 0.717) is 14.9 Å². The number of halogens is 4. The SMILES string of the molecule is C=CC(=O)N1C[C@@H](n2nc(I)c3c(N)nccc32)C[C@@H]1COC(F)(F)F. The Hall–Kier alpha value is -1.89. The van der Waals surface area contributed by atoms with Gasteiger partial charge in [0.05, 0.1) is 29.6 Å². The Labute approximate surface area is 160 Å². The van der Waals surface area contributed by atoms with Crippen molar-refractivity contribution < 1.29 is 22.7 Å². The number of rotatable bonds is 4. The number of fused-ring (bicyclic) bond motifs is 1. The van der Waals surface area contributed by atoms with Crippen molar-refractivity contribution >= 4 is 45.2 Å². The van der Waals surface area contributed by atoms with Crippen LogP contribution in [0.5, 0.6) is 0 Å². The Balaban J connectivity index is 1.91. The average molecular weight is 481 g/mol. The van der Waals surface area contributed by atoms with Gasteiger partial charge >= 0.3 is 6.36 Å². The molecule has 0 spiro atoms. The highest BCUT2D eigenvalue weighted by Gasteiger charge is 2.39. The minimum Gasteiger partial charge on any atom is -0.383 e. The number of aromatic nitrogens is 3. The molecule has 1 aliphatic heterocycles. The van der Waals surface area contributed by atoms with Crippen molar-refractivity contribution in [2.45, 2.75) is 24.9 Å². The molecular formula is C15H15F3IN5O2. The number of pyridine rings is 1. The topological polar surface area (TPSA) is 86.3 Å². The van der Waals surface area contributed by atoms with Gasteiger partial charge in [-0.1, -0.05) is 6.58 Å². The van der Waals surface area contributed by atoms with E-state index in [0.717, 1.165) is 11.6 Å². The van der Waals surface area contributed by atoms with Gasteiger partial charge in [-0.3, -0.25) is 14.2 Å². The van der Waals surface area contributed by atoms with Crippen molar-refractivity contribution in [3.8, 4) is 0 Å². The van der Waals surface area contributed by atoms with Crippen molar-refractivity contribution in [1.82, 2.24) is 19.7 Å². The molecule has 0 unspecified atom stereocenters. The number of alkyl halides is 3. The van der Waals surface area contributed by atoms with Crippen LogP contribution in [0, 0.1) is 3.70 Å². The molecule has 0 radical (unpaired) electrons. The van der Waals surface area contributed by atoms with Gasteiger partial charge in [-0.25, -0.2) is 4.98 Å². The van der Waals surface area contributed by atoms with Gasteiger partial charge in [-0.05, 0) is 41.2 Å². The predicted octanol–water partition coefficient (Wildman–Crippen LogP) is 2.48. The molecule has 1 fully saturated rings. The molecule has 140 valence electrons. The van der Waals surface area contributed by atoms with Gasteiger partial charge in [0.1, 0.15) is 9.52 Å². The van der Waals surface area contributed by atoms with Crippen LogP contribution in [0.4, 0.5) is 19.0 Å². The van der Waals surface area contributed by atoms with Crippen LogP contribution in [0.25, 0.3) is 10.9 Å². The monoisotopic (exact) mass is 481 g/mol. The highest BCUT2D eigenvalue weighted by atomic mass is 127. The van der Waals surface area contributed by atoms with Gasteiger partial charge in [0.25, 0.3) is 0 Å². The zero-order valence-electron chi connectivity index (χ0n) is 13.4. The van der Waals surface area contributed by atoms with E-state index in [1.807, 2.05) is 22.6 Å². The number of hydrogen-bond donors (Lipinski definition) is 1. The van der Waals surface area contributed by atoms with E-state index in [2.05, 4.69) is 21.4 Å². The number of carbonyl (C=O) groups is 1. The van der Waals surface area contributed by atoms with Crippen LogP contribution in [0.3, 0.4) is 0 Å². The minimum atomic E-state index is -4.76. The Morgan fingerprint density at radius 2 is 2.27 bits per heavy atom. The van der Waals surface area contributed by atoms with Crippen LogP contribution in [0.2, 0.25) is 0 Å². The normalized spacial score (nSPS) is 20.7. The standard InChI is InChI=1S/C15H15F3IN5O2/c1-2-11(25)23-6-8(5-9(23)7-26-15(16,17)18)24-10-3-4-21-14(20)12(10)13(19)22-24/h2-4,8-9H,1,5-7H2,(H2,20,21)/t8-,9+/m0/s1. The van der Waals surface area contributed by atoms with Crippen LogP contribution in [0.1, 0.15) is 12.5 Å². The highest BCUT2D eigenvalue weighted by Crippen LogP contribution is 2.33. The van der Waals surface area contributed by atoms with E-state index in [-0.39, 0.29) is 19.0 Å². The molecular weight excluding hydrogens is 466 g/mol. The lowest BCUT2D eigenvalue weighted by atomic mass is 10.2. The maximum atomic E-state index is 12.4. The molecule has 0 bridgehead atoms. The molecule has 1 aliphatic rings. The van der Waals surface area contributed by atoms with E-state index in [1.165, 1.54) is 11.1 Å². The van der Waals surface area contributed by atoms with E-state index in [4.69, 9.17) is 5.73 Å². The Morgan fingerprint density at radius 1 is 1.54 bits per heavy atom. The lowest BCUT2D eigenvalue weighted by molar-refractivity contribution is -0.327. The summed E-state index contributed by atoms with van der Waals surface area (Å²) in [7, 11) is 0. The molecule has 0 aromatic carbocycles. The number of hydrogen-bond acceptors (Lipinski definition) is 5. The summed E-state index contributed by atoms with van der Waals surface area (Å²) in [5, 5.41) is 5.14. The number of amides is 1. The molecule has 0 saturated carbocycles. The average Bonchev–Trinajstić information content (AvgIpc) is 3.14. The van der Waals surface area contributed by atoms with Crippen molar-refractivity contribution in [3.05, 3.63) is 28.6 Å². The second-order valence-corrected chi connectivity index (χ2v) is 6.84. The fourth-order valence-electron chi connectivity index (χ4n) is 3.15. The van der Waals surface area contributed by atoms with E-state index < -0.39 is 24.9 Å². The van der Waals surface area contributed by atoms with Crippen LogP contribution in [0.15, 0.2) is 24.9 Å². The molecule has 2 aromatic heterocycles. The third-order valence-electron chi connectivity index (χ3n) is 4.24. The molecule has 7 nitrogen and oxygen atoms in total. The van der Waals surface area contributed by atoms with Crippen molar-refractivity contribution in [3.63, 3.8) is 0 Å². The van der Waals surface area contributed by atoms with Gasteiger partial charge in [-0.15, -0.1) is 13.2 Å². The molecule has 0 aliphatic carbocycles. The molecule has 1 amide bonds. The van der Waals surface area contributed by atoms with Crippen molar-refractivity contribution in [2.24, 2.45) is 0 Å². The number of likely N-dealkylation sites (tertiary alicyclic amines) is 1. The number of nitrogen functional groups attached to an aromatic ring is 1. The summed E-state index contributed by atoms with van der Waals surface area (Å²) in [5.74, 6) is -0.122. The molecule has 11 heteroatoms. The Morgan fingerprint density at radius 3 is 2.92 bits per heavy atom. The number of nitrogens with zero attached hydrogens (tertiary/aromatic N) is 4. The van der Waals surface area contributed by atoms with Gasteiger partial charge in [0.2, 0.25) is 5.91 Å². The van der Waals surface area contributed by atoms with Gasteiger partial charge in [0, 0.05) is 12.7 Å². The molecule has 2 aromatic rings. The first-order valence-electron chi connectivity index (χ1n) is 7.63. The maximum Gasteiger partial charge on any atom is 0.522 e. The zero-order valence-corrected chi connectivity index (χ0v) is 15.6. The van der Waals surface area contributed by atoms with Crippen LogP contribution >= 0.6 is 22.6 Å². The lowest BCUT2D eigenvalue weighted by Gasteiger charge is -2.23. The summed E-state index contributed by atoms with van der Waals surface area (Å²) in [6, 6.07) is 0.692. The van der Waals surface area contributed by atoms with Crippen molar-refractivity contribution in [2.75, 3.05) is 18.9 Å². The number of carbonyl (C=O) groups excluding carboxylic acids is 1. The van der Waals surface area contributed by atoms with E-state index >= 15 is 0 Å². The predicted molar refractivity (Wildman–Crippen MR) is 96.0 cm³/mol. The van der Waals surface area contributed by atoms with Crippen LogP contribution in [-0.2, 0) is 9.53 Å². The minimum absolute atomic E-state index is 0.200. The summed E-state index contributed by atoms with van der Waals surface area (Å²) in [6.07, 6.45) is -1.87. The second kappa shape index (κ2) is 7.02. The number of ether oxygens (including phenoxy) is 1. The third-order valence-corrected chi connectivity index (χ3v) is 5.00. The third kappa shape index (κ3) is 3.63. The molecule has 2 N–H and O–H groups in total. The maximum absolute atomic E-state index is 12.4. The Kier molecular flexibility index (Phi) is 5.10. The molecule has 26 heavy (non-hydrogen) atoms. The van der Waals surface area contributed by atoms with Crippen LogP contribution in [-0.4, -0.2) is 51.1 Å². The number of nitrogens with two attached hydrogens (primary N) is 1. The zero-order chi connectivity index (χ0) is 19.1. The summed E-state index contributed by atoms with van der Waals surface area (Å²) in [5.41, 5.74) is 6.61. The first-order valence-corrected chi connectivity index (χ1v) is 8.71. The quantitative estimate of drug-likeness (QED) is 0.536. The van der Waals surface area contributed by atoms with E-state index in [1.54, 1.807) is 10.7 Å². The molecule has 1 saturated heterocycles. The molecule has 3 rings (SSSR count). The fourth-order valence-corrected chi connectivity index (χ4v) is 3.94. The lowest BCUT2D eigenvalue weighted by Crippen LogP contribution is -2.38. The highest BCUT2D eigenvalue weighted by molar-refractivity contribution is 14.1. The summed E-state index contributed by atoms with van der Waals surface area (Å²) < 4.78 is 43.5. The second-order valence-electron chi connectivity index (χ2n) is 5.82. The molecule has 3 heterocycles. The van der Waals surface area contributed by atoms with Crippen molar-refractivity contribution in [1.29, 1.82) is 0 Å². The smallest absolute Gasteiger partial charge is 0.383 e. The summed E-state index contributed by atoms with van der Waals surface area (Å²) in [4.78, 5) is 17.4. The first-order chi connectivity index (χ1) is 12.2. The van der Waals surface area contributed by atoms with Gasteiger partial charge in [0.15, 0.2) is 0 Å². The van der Waals surface area contributed by atoms with Gasteiger partial charge in [-0.2, -0.15) is 5.10 Å². The van der Waals surface area contributed by atoms with Crippen LogP contribution < -0.4 is 5.73 Å². The Bertz CT molecular complexity index is 854. The summed E-state index contributed by atoms with van der Waals surface area (Å²) >= 11 is 2.03. The van der Waals surface area contributed by atoms with Gasteiger partial charge < -0.3 is 10.6 Å². The van der Waals surface area contributed by atoms with E-state index in [9.17, 15) is 18.0 Å². The largest absolute Gasteiger partial charge is 0.522 e. The molecule has 2 atom stereocenters. The fraction of sp³-hybridized carbons (Fsp3) is 0.400. The number of anilines is 1. The first kappa shape index (κ1) is 18.9. The summed E-state index contributed by atoms with van der Waals surface area (Å²) in [6.45, 7) is 2.97.